The van der Waals surface area contributed by atoms with Crippen LogP contribution in [0.2, 0.25) is 0 Å². The van der Waals surface area contributed by atoms with E-state index in [4.69, 9.17) is 0 Å². The minimum absolute atomic E-state index is 0.122. The van der Waals surface area contributed by atoms with Crippen molar-refractivity contribution >= 4 is 22.6 Å². The Kier molecular flexibility index (Phi) is 4.16. The molecule has 15 heavy (non-hydrogen) atoms. The molecule has 0 radical (unpaired) electrons. The SMILES string of the molecule is FC(I)C(F)(F)N(C(F)(F)F)C(F)(F)F. The molecule has 0 amide bonds. The van der Waals surface area contributed by atoms with Crippen LogP contribution in [0.5, 0.6) is 0 Å². The molecule has 0 aromatic rings. The van der Waals surface area contributed by atoms with Crippen LogP contribution < -0.4 is 0 Å². The van der Waals surface area contributed by atoms with Crippen LogP contribution in [0.4, 0.5) is 39.5 Å². The molecule has 11 heteroatoms. The highest BCUT2D eigenvalue weighted by molar-refractivity contribution is 14.1. The molecule has 0 saturated carbocycles. The number of halogens is 10. The molecular weight excluding hydrogens is 360 g/mol. The van der Waals surface area contributed by atoms with Gasteiger partial charge in [-0.3, -0.25) is 0 Å². The highest BCUT2D eigenvalue weighted by Crippen LogP contribution is 2.45. The first-order valence-electron chi connectivity index (χ1n) is 2.91. The number of hydrogen-bond donors (Lipinski definition) is 0. The largest absolute Gasteiger partial charge is 0.472 e. The van der Waals surface area contributed by atoms with Gasteiger partial charge in [0.1, 0.15) is 0 Å². The zero-order valence-corrected chi connectivity index (χ0v) is 8.46. The Hall–Kier alpha value is 0.0600. The van der Waals surface area contributed by atoms with Gasteiger partial charge in [0.2, 0.25) is 4.18 Å². The molecule has 0 saturated heterocycles. The van der Waals surface area contributed by atoms with Gasteiger partial charge in [0.05, 0.1) is 0 Å². The fourth-order valence-corrected chi connectivity index (χ4v) is 0.858. The van der Waals surface area contributed by atoms with Crippen molar-refractivity contribution in [3.8, 4) is 0 Å². The molecule has 0 rings (SSSR count). The van der Waals surface area contributed by atoms with Crippen molar-refractivity contribution in [1.82, 2.24) is 4.90 Å². The summed E-state index contributed by atoms with van der Waals surface area (Å²) in [4.78, 5) is -3.08. The average molecular weight is 361 g/mol. The van der Waals surface area contributed by atoms with E-state index in [1.165, 1.54) is 0 Å². The Morgan fingerprint density at radius 3 is 1.13 bits per heavy atom. The van der Waals surface area contributed by atoms with Crippen LogP contribution in [0.3, 0.4) is 0 Å². The number of alkyl halides is 10. The summed E-state index contributed by atoms with van der Waals surface area (Å²) in [6.07, 6.45) is -12.8. The number of rotatable bonds is 2. The lowest BCUT2D eigenvalue weighted by atomic mass is 10.5. The van der Waals surface area contributed by atoms with Gasteiger partial charge in [0.25, 0.3) is 0 Å². The van der Waals surface area contributed by atoms with Crippen LogP contribution in [0.25, 0.3) is 0 Å². The Morgan fingerprint density at radius 2 is 1.07 bits per heavy atom. The van der Waals surface area contributed by atoms with E-state index in [-0.39, 0.29) is 22.6 Å². The second kappa shape index (κ2) is 4.14. The van der Waals surface area contributed by atoms with Crippen molar-refractivity contribution in [3.63, 3.8) is 0 Å². The highest BCUT2D eigenvalue weighted by Gasteiger charge is 2.68. The molecule has 1 unspecified atom stereocenters. The molecule has 0 heterocycles. The average Bonchev–Trinajstić information content (AvgIpc) is 1.76. The molecule has 0 aliphatic carbocycles. The lowest BCUT2D eigenvalue weighted by molar-refractivity contribution is -0.442. The Labute approximate surface area is 90.3 Å². The minimum atomic E-state index is -6.42. The molecule has 0 aliphatic heterocycles. The van der Waals surface area contributed by atoms with E-state index in [1.807, 2.05) is 0 Å². The molecular formula is C4HF9IN. The van der Waals surface area contributed by atoms with Crippen LogP contribution in [0, 0.1) is 0 Å². The summed E-state index contributed by atoms with van der Waals surface area (Å²) in [5.41, 5.74) is 0. The van der Waals surface area contributed by atoms with Gasteiger partial charge in [0, 0.05) is 0 Å². The zero-order valence-electron chi connectivity index (χ0n) is 6.30. The summed E-state index contributed by atoms with van der Waals surface area (Å²) < 4.78 is 103. The van der Waals surface area contributed by atoms with Crippen LogP contribution in [-0.4, -0.2) is 27.7 Å². The summed E-state index contributed by atoms with van der Waals surface area (Å²) in [6, 6.07) is -5.71. The van der Waals surface area contributed by atoms with Crippen molar-refractivity contribution in [2.45, 2.75) is 22.8 Å². The van der Waals surface area contributed by atoms with Gasteiger partial charge in [-0.05, 0) is 22.6 Å². The van der Waals surface area contributed by atoms with Crippen LogP contribution in [0.1, 0.15) is 0 Å². The predicted molar refractivity (Wildman–Crippen MR) is 37.8 cm³/mol. The quantitative estimate of drug-likeness (QED) is 0.314. The first-order valence-corrected chi connectivity index (χ1v) is 4.15. The molecule has 0 aromatic heterocycles. The second-order valence-corrected chi connectivity index (χ2v) is 3.25. The third-order valence-electron chi connectivity index (χ3n) is 1.07. The van der Waals surface area contributed by atoms with Gasteiger partial charge in [-0.2, -0.15) is 35.1 Å². The van der Waals surface area contributed by atoms with Crippen LogP contribution in [-0.2, 0) is 0 Å². The summed E-state index contributed by atoms with van der Waals surface area (Å²) in [5, 5.41) is 0. The fraction of sp³-hybridized carbons (Fsp3) is 1.00. The first kappa shape index (κ1) is 15.1. The molecule has 0 spiro atoms. The van der Waals surface area contributed by atoms with Gasteiger partial charge < -0.3 is 0 Å². The molecule has 92 valence electrons. The molecule has 0 fully saturated rings. The van der Waals surface area contributed by atoms with Crippen LogP contribution in [0.15, 0.2) is 0 Å². The van der Waals surface area contributed by atoms with E-state index < -0.39 is 27.7 Å². The van der Waals surface area contributed by atoms with Gasteiger partial charge in [0.15, 0.2) is 0 Å². The topological polar surface area (TPSA) is 3.24 Å². The van der Waals surface area contributed by atoms with Crippen molar-refractivity contribution in [3.05, 3.63) is 0 Å². The molecule has 0 aliphatic rings. The van der Waals surface area contributed by atoms with E-state index in [1.54, 1.807) is 0 Å². The van der Waals surface area contributed by atoms with Gasteiger partial charge in [-0.1, -0.05) is 4.90 Å². The molecule has 0 aromatic carbocycles. The van der Waals surface area contributed by atoms with Crippen molar-refractivity contribution in [2.75, 3.05) is 0 Å². The maximum atomic E-state index is 12.3. The lowest BCUT2D eigenvalue weighted by Crippen LogP contribution is -2.60. The Bertz CT molecular complexity index is 203. The summed E-state index contributed by atoms with van der Waals surface area (Å²) >= 11 is 0.122. The van der Waals surface area contributed by atoms with E-state index >= 15 is 0 Å². The Morgan fingerprint density at radius 1 is 0.800 bits per heavy atom. The summed E-state index contributed by atoms with van der Waals surface area (Å²) in [5.74, 6) is 0. The fourth-order valence-electron chi connectivity index (χ4n) is 0.579. The predicted octanol–water partition coefficient (Wildman–Crippen LogP) is 3.65. The van der Waals surface area contributed by atoms with Crippen LogP contribution >= 0.6 is 22.6 Å². The van der Waals surface area contributed by atoms with E-state index in [9.17, 15) is 39.5 Å². The maximum Gasteiger partial charge on any atom is 0.472 e. The molecule has 1 nitrogen and oxygen atoms in total. The van der Waals surface area contributed by atoms with Gasteiger partial charge >= 0.3 is 18.6 Å². The molecule has 0 bridgehead atoms. The number of hydrogen-bond acceptors (Lipinski definition) is 1. The van der Waals surface area contributed by atoms with Crippen molar-refractivity contribution in [2.24, 2.45) is 0 Å². The second-order valence-electron chi connectivity index (χ2n) is 2.16. The normalized spacial score (nSPS) is 17.0. The monoisotopic (exact) mass is 361 g/mol. The van der Waals surface area contributed by atoms with Gasteiger partial charge in [-0.25, -0.2) is 4.39 Å². The van der Waals surface area contributed by atoms with E-state index in [0.717, 1.165) is 0 Å². The third kappa shape index (κ3) is 3.53. The zero-order chi connectivity index (χ0) is 12.7. The molecule has 0 N–H and O–H groups in total. The maximum absolute atomic E-state index is 12.3. The van der Waals surface area contributed by atoms with E-state index in [0.29, 0.717) is 0 Å². The molecule has 1 atom stereocenters. The van der Waals surface area contributed by atoms with Crippen molar-refractivity contribution in [1.29, 1.82) is 0 Å². The van der Waals surface area contributed by atoms with E-state index in [2.05, 4.69) is 0 Å². The van der Waals surface area contributed by atoms with Crippen molar-refractivity contribution < 1.29 is 39.5 Å². The Balaban J connectivity index is 5.33. The van der Waals surface area contributed by atoms with Gasteiger partial charge in [-0.15, -0.1) is 0 Å². The lowest BCUT2D eigenvalue weighted by Gasteiger charge is -2.33. The summed E-state index contributed by atoms with van der Waals surface area (Å²) in [7, 11) is 0. The first-order chi connectivity index (χ1) is 6.31. The smallest absolute Gasteiger partial charge is 0.228 e. The standard InChI is InChI=1S/C4HF9IN/c5-1(14)2(6,7)15(3(8,9)10)4(11,12)13/h1H. The minimum Gasteiger partial charge on any atom is -0.228 e. The third-order valence-corrected chi connectivity index (χ3v) is 1.82. The number of nitrogens with zero attached hydrogens (tertiary/aromatic N) is 1. The summed E-state index contributed by atoms with van der Waals surface area (Å²) in [6.45, 7) is 0. The highest BCUT2D eigenvalue weighted by atomic mass is 127.